The van der Waals surface area contributed by atoms with Crippen LogP contribution in [0.2, 0.25) is 5.02 Å². The van der Waals surface area contributed by atoms with Crippen LogP contribution in [0.1, 0.15) is 59.4 Å². The Balaban J connectivity index is 2.16. The van der Waals surface area contributed by atoms with Gasteiger partial charge in [0.25, 0.3) is 0 Å². The van der Waals surface area contributed by atoms with Crippen LogP contribution in [-0.4, -0.2) is 49.0 Å². The lowest BCUT2D eigenvalue weighted by molar-refractivity contribution is 0.0527. The van der Waals surface area contributed by atoms with Crippen molar-refractivity contribution in [2.75, 3.05) is 18.1 Å². The largest absolute Gasteiger partial charge is 0.493 e. The Morgan fingerprint density at radius 2 is 1.87 bits per heavy atom. The molecule has 10 heteroatoms. The number of carbonyl (C=O) groups excluding carboxylic acids is 2. The van der Waals surface area contributed by atoms with Crippen LogP contribution in [0.25, 0.3) is 0 Å². The number of aromatic hydroxyl groups is 1. The third-order valence-corrected chi connectivity index (χ3v) is 7.65. The van der Waals surface area contributed by atoms with E-state index in [0.29, 0.717) is 18.1 Å². The van der Waals surface area contributed by atoms with Gasteiger partial charge in [0.05, 0.1) is 33.1 Å². The molecule has 0 spiro atoms. The van der Waals surface area contributed by atoms with Gasteiger partial charge < -0.3 is 9.84 Å². The van der Waals surface area contributed by atoms with Crippen molar-refractivity contribution in [3.63, 3.8) is 0 Å². The van der Waals surface area contributed by atoms with Crippen LogP contribution in [0.5, 0.6) is 5.88 Å². The molecule has 1 aliphatic rings. The molecule has 1 fully saturated rings. The SMILES string of the molecule is CCOC(=O)c1ccc(C(=O)c2cnn(CC)c2O)c(Cl)c1N=S1(=O)CCCCC1. The molecular weight excluding hydrogens is 430 g/mol. The summed E-state index contributed by atoms with van der Waals surface area (Å²) < 4.78 is 23.9. The molecule has 1 N–H and O–H groups in total. The van der Waals surface area contributed by atoms with Gasteiger partial charge in [0.15, 0.2) is 0 Å². The normalized spacial score (nSPS) is 15.6. The minimum atomic E-state index is -2.60. The maximum Gasteiger partial charge on any atom is 0.340 e. The number of halogens is 1. The number of rotatable bonds is 6. The molecule has 0 saturated carbocycles. The highest BCUT2D eigenvalue weighted by Gasteiger charge is 2.26. The van der Waals surface area contributed by atoms with Gasteiger partial charge in [-0.05, 0) is 38.8 Å². The van der Waals surface area contributed by atoms with Crippen LogP contribution in [0.15, 0.2) is 22.7 Å². The summed E-state index contributed by atoms with van der Waals surface area (Å²) in [6, 6.07) is 2.77. The molecule has 0 aliphatic carbocycles. The molecule has 1 aliphatic heterocycles. The predicted octanol–water partition coefficient (Wildman–Crippen LogP) is 3.95. The molecule has 8 nitrogen and oxygen atoms in total. The second-order valence-electron chi connectivity index (χ2n) is 6.90. The Morgan fingerprint density at radius 1 is 1.20 bits per heavy atom. The highest BCUT2D eigenvalue weighted by molar-refractivity contribution is 7.93. The van der Waals surface area contributed by atoms with Crippen molar-refractivity contribution in [1.82, 2.24) is 9.78 Å². The van der Waals surface area contributed by atoms with Crippen molar-refractivity contribution in [2.45, 2.75) is 39.7 Å². The number of nitrogens with zero attached hydrogens (tertiary/aromatic N) is 3. The van der Waals surface area contributed by atoms with Gasteiger partial charge >= 0.3 is 5.97 Å². The first-order valence-electron chi connectivity index (χ1n) is 9.83. The number of aromatic nitrogens is 2. The summed E-state index contributed by atoms with van der Waals surface area (Å²) in [4.78, 5) is 25.5. The van der Waals surface area contributed by atoms with E-state index in [1.807, 2.05) is 0 Å². The average Bonchev–Trinajstić information content (AvgIpc) is 3.10. The average molecular weight is 454 g/mol. The van der Waals surface area contributed by atoms with E-state index in [1.165, 1.54) is 23.0 Å². The van der Waals surface area contributed by atoms with Gasteiger partial charge in [-0.3, -0.25) is 4.79 Å². The zero-order chi connectivity index (χ0) is 21.9. The number of ketones is 1. The lowest BCUT2D eigenvalue weighted by Gasteiger charge is -2.17. The molecule has 3 rings (SSSR count). The van der Waals surface area contributed by atoms with E-state index in [2.05, 4.69) is 9.46 Å². The summed E-state index contributed by atoms with van der Waals surface area (Å²) in [6.07, 6.45) is 3.79. The molecular formula is C20H24ClN3O5S. The first kappa shape index (κ1) is 22.3. The molecule has 1 saturated heterocycles. The molecule has 0 bridgehead atoms. The van der Waals surface area contributed by atoms with Crippen molar-refractivity contribution in [3.05, 3.63) is 40.0 Å². The molecule has 0 radical (unpaired) electrons. The number of benzene rings is 1. The van der Waals surface area contributed by atoms with E-state index < -0.39 is 21.5 Å². The zero-order valence-corrected chi connectivity index (χ0v) is 18.5. The van der Waals surface area contributed by atoms with E-state index in [0.717, 1.165) is 19.3 Å². The Hall–Kier alpha value is -2.39. The van der Waals surface area contributed by atoms with Gasteiger partial charge in [0.1, 0.15) is 11.3 Å². The van der Waals surface area contributed by atoms with Crippen molar-refractivity contribution in [2.24, 2.45) is 4.36 Å². The highest BCUT2D eigenvalue weighted by Crippen LogP contribution is 2.37. The van der Waals surface area contributed by atoms with Crippen molar-refractivity contribution < 1.29 is 23.6 Å². The molecule has 0 atom stereocenters. The summed E-state index contributed by atoms with van der Waals surface area (Å²) in [6.45, 7) is 3.98. The van der Waals surface area contributed by atoms with Gasteiger partial charge in [0, 0.05) is 23.6 Å². The molecule has 2 heterocycles. The van der Waals surface area contributed by atoms with Gasteiger partial charge in [-0.25, -0.2) is 13.7 Å². The number of ether oxygens (including phenoxy) is 1. The third kappa shape index (κ3) is 4.37. The van der Waals surface area contributed by atoms with Gasteiger partial charge in [-0.2, -0.15) is 9.46 Å². The first-order chi connectivity index (χ1) is 14.3. The summed E-state index contributed by atoms with van der Waals surface area (Å²) in [5.74, 6) is -0.674. The van der Waals surface area contributed by atoms with E-state index >= 15 is 0 Å². The maximum absolute atomic E-state index is 13.2. The third-order valence-electron chi connectivity index (χ3n) is 4.90. The van der Waals surface area contributed by atoms with E-state index in [-0.39, 0.29) is 39.9 Å². The summed E-state index contributed by atoms with van der Waals surface area (Å²) in [7, 11) is -2.60. The summed E-state index contributed by atoms with van der Waals surface area (Å²) >= 11 is 6.52. The molecule has 1 aromatic heterocycles. The van der Waals surface area contributed by atoms with Crippen molar-refractivity contribution in [1.29, 1.82) is 0 Å². The van der Waals surface area contributed by atoms with Crippen molar-refractivity contribution in [3.8, 4) is 5.88 Å². The fourth-order valence-corrected chi connectivity index (χ4v) is 5.87. The second-order valence-corrected chi connectivity index (χ2v) is 9.83. The monoisotopic (exact) mass is 453 g/mol. The van der Waals surface area contributed by atoms with Gasteiger partial charge in [0.2, 0.25) is 11.7 Å². The molecule has 0 amide bonds. The number of hydrogen-bond acceptors (Lipinski definition) is 7. The van der Waals surface area contributed by atoms with Crippen LogP contribution >= 0.6 is 11.6 Å². The standard InChI is InChI=1S/C20H24ClN3O5S/c1-3-24-19(26)15(12-22-24)18(25)13-8-9-14(20(27)29-4-2)17(16(13)21)23-30(28)10-6-5-7-11-30/h8-9,12,26H,3-7,10-11H2,1-2H3. The highest BCUT2D eigenvalue weighted by atomic mass is 35.5. The Kier molecular flexibility index (Phi) is 6.82. The fraction of sp³-hybridized carbons (Fsp3) is 0.450. The maximum atomic E-state index is 13.2. The van der Waals surface area contributed by atoms with Crippen LogP contribution < -0.4 is 0 Å². The zero-order valence-electron chi connectivity index (χ0n) is 16.9. The predicted molar refractivity (Wildman–Crippen MR) is 114 cm³/mol. The first-order valence-corrected chi connectivity index (χ1v) is 12.1. The second kappa shape index (κ2) is 9.18. The Morgan fingerprint density at radius 3 is 2.47 bits per heavy atom. The van der Waals surface area contributed by atoms with E-state index in [4.69, 9.17) is 16.3 Å². The number of esters is 1. The lowest BCUT2D eigenvalue weighted by Crippen LogP contribution is -2.16. The van der Waals surface area contributed by atoms with Crippen LogP contribution in [-0.2, 0) is 21.0 Å². The van der Waals surface area contributed by atoms with Crippen LogP contribution in [0.4, 0.5) is 5.69 Å². The van der Waals surface area contributed by atoms with Gasteiger partial charge in [-0.1, -0.05) is 18.0 Å². The quantitative estimate of drug-likeness (QED) is 0.523. The summed E-state index contributed by atoms with van der Waals surface area (Å²) in [5, 5.41) is 14.1. The molecule has 162 valence electrons. The fourth-order valence-electron chi connectivity index (χ4n) is 3.31. The number of hydrogen-bond donors (Lipinski definition) is 1. The molecule has 2 aromatic rings. The van der Waals surface area contributed by atoms with Crippen molar-refractivity contribution >= 4 is 38.8 Å². The minimum absolute atomic E-state index is 0.00441. The Bertz CT molecular complexity index is 1090. The Labute approximate surface area is 180 Å². The topological polar surface area (TPSA) is 111 Å². The number of aryl methyl sites for hydroxylation is 1. The molecule has 30 heavy (non-hydrogen) atoms. The smallest absolute Gasteiger partial charge is 0.340 e. The summed E-state index contributed by atoms with van der Waals surface area (Å²) in [5.41, 5.74) is 0.0686. The van der Waals surface area contributed by atoms with E-state index in [9.17, 15) is 18.9 Å². The lowest BCUT2D eigenvalue weighted by atomic mass is 10.0. The van der Waals surface area contributed by atoms with Gasteiger partial charge in [-0.15, -0.1) is 0 Å². The molecule has 0 unspecified atom stereocenters. The van der Waals surface area contributed by atoms with Crippen LogP contribution in [0, 0.1) is 0 Å². The molecule has 1 aromatic carbocycles. The van der Waals surface area contributed by atoms with E-state index in [1.54, 1.807) is 13.8 Å². The van der Waals surface area contributed by atoms with Crippen LogP contribution in [0.3, 0.4) is 0 Å². The number of carbonyl (C=O) groups is 2. The minimum Gasteiger partial charge on any atom is -0.493 e.